The van der Waals surface area contributed by atoms with E-state index in [0.717, 1.165) is 0 Å². The van der Waals surface area contributed by atoms with Crippen LogP contribution in [0.1, 0.15) is 45.1 Å². The first-order valence-electron chi connectivity index (χ1n) is 23.6. The van der Waals surface area contributed by atoms with Gasteiger partial charge < -0.3 is 46.6 Å². The summed E-state index contributed by atoms with van der Waals surface area (Å²) in [4.78, 5) is 121. The number of ether oxygens (including phenoxy) is 1. The number of fused-ring (bicyclic) bond motifs is 11. The first-order chi connectivity index (χ1) is 34.4. The Morgan fingerprint density at radius 3 is 1.82 bits per heavy atom. The number of carbonyl (C=O) groups excluding carboxylic acids is 6. The predicted octanol–water partition coefficient (Wildman–Crippen LogP) is -2.56. The number of hydrogen-bond acceptors (Lipinski definition) is 19. The van der Waals surface area contributed by atoms with Gasteiger partial charge in [0.25, 0.3) is 0 Å². The number of hydrogen-bond donors (Lipinski definition) is 11. The molecule has 0 radical (unpaired) electrons. The summed E-state index contributed by atoms with van der Waals surface area (Å²) in [5, 5.41) is 63.5. The van der Waals surface area contributed by atoms with Crippen LogP contribution in [0.2, 0.25) is 0 Å². The number of carboxylic acids is 3. The van der Waals surface area contributed by atoms with Crippen molar-refractivity contribution in [2.75, 3.05) is 111 Å². The number of amides is 6. The van der Waals surface area contributed by atoms with Crippen molar-refractivity contribution in [1.29, 1.82) is 0 Å². The molecule has 1 aromatic carbocycles. The summed E-state index contributed by atoms with van der Waals surface area (Å²) in [7, 11) is 0. The number of aliphatic carboxylic acids is 3. The number of rotatable bonds is 24. The van der Waals surface area contributed by atoms with Gasteiger partial charge in [-0.3, -0.25) is 68.0 Å². The number of carboxylic acid groups (broad SMARTS) is 3. The molecule has 1 unspecified atom stereocenters. The van der Waals surface area contributed by atoms with Crippen LogP contribution in [0.3, 0.4) is 0 Å². The molecule has 3 aliphatic rings. The molecule has 4 atom stereocenters. The molecule has 28 heteroatoms. The molecule has 0 aromatic heterocycles. The van der Waals surface area contributed by atoms with Gasteiger partial charge in [0.1, 0.15) is 17.8 Å². The van der Waals surface area contributed by atoms with Gasteiger partial charge in [-0.05, 0) is 49.3 Å². The quantitative estimate of drug-likeness (QED) is 0.0167. The highest BCUT2D eigenvalue weighted by Gasteiger charge is 2.36. The zero-order valence-electron chi connectivity index (χ0n) is 40.6. The van der Waals surface area contributed by atoms with Crippen molar-refractivity contribution >= 4 is 65.4 Å². The molecule has 3 aliphatic heterocycles. The number of benzene rings is 1. The van der Waals surface area contributed by atoms with Crippen LogP contribution in [-0.4, -0.2) is 221 Å². The first kappa shape index (κ1) is 60.6. The van der Waals surface area contributed by atoms with Crippen LogP contribution in [-0.2, 0) is 58.9 Å². The van der Waals surface area contributed by atoms with Crippen LogP contribution in [0.5, 0.6) is 5.75 Å². The lowest BCUT2D eigenvalue weighted by atomic mass is 9.81. The Morgan fingerprint density at radius 1 is 0.764 bits per heavy atom. The molecule has 4 rings (SSSR count). The summed E-state index contributed by atoms with van der Waals surface area (Å²) >= 11 is 0.509. The van der Waals surface area contributed by atoms with Gasteiger partial charge in [0.2, 0.25) is 35.4 Å². The summed E-state index contributed by atoms with van der Waals surface area (Å²) in [6, 6.07) is 4.56. The normalized spacial score (nSPS) is 19.7. The third-order valence-electron chi connectivity index (χ3n) is 11.7. The number of hydroxylamine groups is 1. The SMILES string of the molecule is CC(C)C[C@H]1C(=O)N[C@H](C(=O)NCC(=O)NCCCNC(=O)C(CSOOO)NC(=O)CN2CCN(CC(=O)O)CCN(CC(=O)O)CCN(CC(=O)O)CC2)Cc2ccc(cc2)OCCC[C@@H]1C(=O)NO. The Morgan fingerprint density at radius 2 is 1.31 bits per heavy atom. The monoisotopic (exact) mass is 1040 g/mol. The Kier molecular flexibility index (Phi) is 27.8. The maximum absolute atomic E-state index is 13.8. The van der Waals surface area contributed by atoms with Gasteiger partial charge in [0.05, 0.1) is 51.0 Å². The zero-order valence-corrected chi connectivity index (χ0v) is 41.4. The van der Waals surface area contributed by atoms with Crippen molar-refractivity contribution in [1.82, 2.24) is 51.7 Å². The van der Waals surface area contributed by atoms with Gasteiger partial charge in [-0.25, -0.2) is 10.7 Å². The minimum Gasteiger partial charge on any atom is -0.494 e. The maximum atomic E-state index is 13.8. The molecule has 0 saturated carbocycles. The van der Waals surface area contributed by atoms with Crippen LogP contribution >= 0.6 is 12.0 Å². The average Bonchev–Trinajstić information content (AvgIpc) is 3.32. The van der Waals surface area contributed by atoms with E-state index < -0.39 is 83.8 Å². The van der Waals surface area contributed by atoms with E-state index in [4.69, 9.17) is 9.99 Å². The van der Waals surface area contributed by atoms with Crippen molar-refractivity contribution in [2.24, 2.45) is 17.8 Å². The van der Waals surface area contributed by atoms with E-state index >= 15 is 0 Å². The maximum Gasteiger partial charge on any atom is 0.317 e. The minimum absolute atomic E-state index is 0.0134. The summed E-state index contributed by atoms with van der Waals surface area (Å²) in [6.45, 7) is 3.64. The third kappa shape index (κ3) is 24.1. The topological polar surface area (TPSA) is 368 Å². The van der Waals surface area contributed by atoms with Gasteiger partial charge in [-0.1, -0.05) is 31.0 Å². The van der Waals surface area contributed by atoms with Crippen LogP contribution < -0.4 is 36.8 Å². The molecule has 11 N–H and O–H groups in total. The van der Waals surface area contributed by atoms with E-state index in [1.54, 1.807) is 49.3 Å². The molecular weight excluding hydrogens is 973 g/mol. The van der Waals surface area contributed by atoms with Crippen LogP contribution in [0.15, 0.2) is 24.3 Å². The Hall–Kier alpha value is -5.72. The smallest absolute Gasteiger partial charge is 0.317 e. The second-order valence-corrected chi connectivity index (χ2v) is 18.5. The van der Waals surface area contributed by atoms with Gasteiger partial charge in [-0.15, -0.1) is 4.33 Å². The van der Waals surface area contributed by atoms with Gasteiger partial charge >= 0.3 is 17.9 Å². The molecule has 27 nitrogen and oxygen atoms in total. The molecular formula is C44H70N10O17S. The van der Waals surface area contributed by atoms with Crippen molar-refractivity contribution in [2.45, 2.75) is 58.0 Å². The Balaban J connectivity index is 1.58. The molecule has 404 valence electrons. The fourth-order valence-electron chi connectivity index (χ4n) is 8.03. The molecule has 0 spiro atoms. The van der Waals surface area contributed by atoms with Gasteiger partial charge in [0.15, 0.2) is 0 Å². The number of nitrogens with one attached hydrogen (secondary N) is 6. The summed E-state index contributed by atoms with van der Waals surface area (Å²) in [5.74, 6) is -8.66. The molecule has 1 aromatic rings. The van der Waals surface area contributed by atoms with E-state index in [0.29, 0.717) is 29.8 Å². The molecule has 1 saturated heterocycles. The highest BCUT2D eigenvalue weighted by Crippen LogP contribution is 2.27. The lowest BCUT2D eigenvalue weighted by Gasteiger charge is -2.33. The fourth-order valence-corrected chi connectivity index (χ4v) is 8.50. The minimum atomic E-state index is -1.24. The summed E-state index contributed by atoms with van der Waals surface area (Å²) in [6.07, 6.45) is 1.16. The molecule has 1 fully saturated rings. The number of carbonyl (C=O) groups is 9. The zero-order chi connectivity index (χ0) is 53.0. The average molecular weight is 1040 g/mol. The first-order valence-corrected chi connectivity index (χ1v) is 24.5. The second kappa shape index (κ2) is 33.1. The second-order valence-electron chi connectivity index (χ2n) is 17.8. The van der Waals surface area contributed by atoms with Crippen LogP contribution in [0.4, 0.5) is 0 Å². The Labute approximate surface area is 421 Å². The van der Waals surface area contributed by atoms with E-state index in [-0.39, 0.29) is 136 Å². The molecule has 0 aliphatic carbocycles. The molecule has 2 bridgehead atoms. The third-order valence-corrected chi connectivity index (χ3v) is 12.3. The van der Waals surface area contributed by atoms with E-state index in [1.165, 1.54) is 0 Å². The number of nitrogens with zero attached hydrogens (tertiary/aromatic N) is 4. The van der Waals surface area contributed by atoms with Crippen molar-refractivity contribution in [3.63, 3.8) is 0 Å². The largest absolute Gasteiger partial charge is 0.494 e. The highest BCUT2D eigenvalue weighted by molar-refractivity contribution is 7.94. The van der Waals surface area contributed by atoms with E-state index in [9.17, 15) is 63.7 Å². The van der Waals surface area contributed by atoms with Gasteiger partial charge in [0, 0.05) is 89.8 Å². The van der Waals surface area contributed by atoms with Crippen LogP contribution in [0, 0.1) is 17.8 Å². The summed E-state index contributed by atoms with van der Waals surface area (Å²) in [5.41, 5.74) is 2.35. The lowest BCUT2D eigenvalue weighted by molar-refractivity contribution is -0.432. The molecule has 6 amide bonds. The van der Waals surface area contributed by atoms with Crippen LogP contribution in [0.25, 0.3) is 0 Å². The van der Waals surface area contributed by atoms with E-state index in [1.807, 2.05) is 13.8 Å². The summed E-state index contributed by atoms with van der Waals surface area (Å²) < 4.78 is 10.2. The standard InChI is InChI=1S/C44H70N10O17S/c1-29(2)21-33-32(42(64)50-67)5-3-20-69-31-8-6-30(7-9-31)22-34(49-41(33)63)43(65)47-23-36(55)45-10-4-11-46-44(66)35(28-72-71-70-68)48-37(56)24-51-12-14-52(25-38(57)58)16-18-54(27-40(61)62)19-17-53(15-13-51)26-39(59)60/h6-9,29,32-35,67-68H,3-5,10-28H2,1-2H3,(H,45,55)(H,46,66)(H,47,65)(H,48,56)(H,49,63)(H,50,64)(H,57,58)(H,59,60)(H,61,62)/t32-,33+,34-,35?/m0/s1. The van der Waals surface area contributed by atoms with Gasteiger partial charge in [-0.2, -0.15) is 0 Å². The predicted molar refractivity (Wildman–Crippen MR) is 255 cm³/mol. The molecule has 3 heterocycles. The highest BCUT2D eigenvalue weighted by atomic mass is 32.2. The lowest BCUT2D eigenvalue weighted by Crippen LogP contribution is -2.53. The Bertz CT molecular complexity index is 1900. The van der Waals surface area contributed by atoms with E-state index in [2.05, 4.69) is 36.0 Å². The fraction of sp³-hybridized carbons (Fsp3) is 0.659. The van der Waals surface area contributed by atoms with Crippen molar-refractivity contribution in [3.8, 4) is 5.75 Å². The molecule has 72 heavy (non-hydrogen) atoms. The van der Waals surface area contributed by atoms with Crippen molar-refractivity contribution < 1.29 is 83.0 Å². The van der Waals surface area contributed by atoms with Crippen molar-refractivity contribution in [3.05, 3.63) is 29.8 Å².